The molecule has 0 spiro atoms. The molecule has 1 saturated carbocycles. The van der Waals surface area contributed by atoms with E-state index in [0.717, 1.165) is 49.0 Å². The van der Waals surface area contributed by atoms with Gasteiger partial charge >= 0.3 is 0 Å². The zero-order valence-corrected chi connectivity index (χ0v) is 18.9. The molecule has 1 aliphatic carbocycles. The van der Waals surface area contributed by atoms with Gasteiger partial charge in [-0.1, -0.05) is 33.1 Å². The number of likely N-dealkylation sites (tertiary alicyclic amines) is 1. The van der Waals surface area contributed by atoms with E-state index in [-0.39, 0.29) is 23.3 Å². The first-order valence-electron chi connectivity index (χ1n) is 11.3. The molecule has 1 amide bonds. The van der Waals surface area contributed by atoms with Crippen molar-refractivity contribution in [1.82, 2.24) is 9.88 Å². The zero-order valence-electron chi connectivity index (χ0n) is 18.9. The normalized spacial score (nSPS) is 21.4. The van der Waals surface area contributed by atoms with Gasteiger partial charge in [-0.15, -0.1) is 0 Å². The first-order valence-corrected chi connectivity index (χ1v) is 11.3. The summed E-state index contributed by atoms with van der Waals surface area (Å²) in [6, 6.07) is 8.37. The van der Waals surface area contributed by atoms with Gasteiger partial charge in [0.2, 0.25) is 0 Å². The number of hydrogen-bond acceptors (Lipinski definition) is 5. The molecule has 1 aromatic carbocycles. The molecule has 0 radical (unpaired) electrons. The lowest BCUT2D eigenvalue weighted by atomic mass is 9.90. The van der Waals surface area contributed by atoms with Crippen LogP contribution in [0.5, 0.6) is 5.75 Å². The molecular formula is C26H30N2O4. The van der Waals surface area contributed by atoms with Crippen LogP contribution in [0.15, 0.2) is 48.3 Å². The fourth-order valence-electron chi connectivity index (χ4n) is 4.95. The molecule has 1 N–H and O–H groups in total. The number of aromatic nitrogens is 1. The van der Waals surface area contributed by atoms with Gasteiger partial charge in [0.15, 0.2) is 0 Å². The maximum Gasteiger partial charge on any atom is 0.295 e. The van der Waals surface area contributed by atoms with Crippen LogP contribution in [0.1, 0.15) is 74.6 Å². The maximum absolute atomic E-state index is 13.2. The predicted molar refractivity (Wildman–Crippen MR) is 122 cm³/mol. The van der Waals surface area contributed by atoms with E-state index in [4.69, 9.17) is 4.74 Å². The Labute approximate surface area is 188 Å². The number of pyridine rings is 1. The Bertz CT molecular complexity index is 1040. The summed E-state index contributed by atoms with van der Waals surface area (Å²) in [7, 11) is 1.61. The van der Waals surface area contributed by atoms with Gasteiger partial charge in [0.05, 0.1) is 18.7 Å². The number of methoxy groups -OCH3 is 1. The number of nitrogens with zero attached hydrogens (tertiary/aromatic N) is 2. The van der Waals surface area contributed by atoms with Gasteiger partial charge in [0.1, 0.15) is 11.5 Å². The molecule has 1 aromatic heterocycles. The third-order valence-electron chi connectivity index (χ3n) is 6.60. The third kappa shape index (κ3) is 3.90. The number of aliphatic hydroxyl groups excluding tert-OH is 1. The van der Waals surface area contributed by atoms with Crippen molar-refractivity contribution in [3.05, 3.63) is 65.0 Å². The van der Waals surface area contributed by atoms with Gasteiger partial charge in [-0.25, -0.2) is 0 Å². The number of carbonyl (C=O) groups excluding carboxylic acids is 2. The molecule has 1 unspecified atom stereocenters. The van der Waals surface area contributed by atoms with E-state index in [2.05, 4.69) is 4.98 Å². The van der Waals surface area contributed by atoms with Gasteiger partial charge in [-0.2, -0.15) is 0 Å². The summed E-state index contributed by atoms with van der Waals surface area (Å²) in [6.45, 7) is 4.08. The van der Waals surface area contributed by atoms with Gasteiger partial charge in [0, 0.05) is 24.0 Å². The van der Waals surface area contributed by atoms with Crippen molar-refractivity contribution in [2.45, 2.75) is 64.0 Å². The average Bonchev–Trinajstić information content (AvgIpc) is 3.09. The number of hydrogen-bond donors (Lipinski definition) is 1. The van der Waals surface area contributed by atoms with Gasteiger partial charge < -0.3 is 14.7 Å². The highest BCUT2D eigenvalue weighted by atomic mass is 16.5. The summed E-state index contributed by atoms with van der Waals surface area (Å²) < 4.78 is 5.46. The minimum Gasteiger partial charge on any atom is -0.507 e. The molecule has 1 saturated heterocycles. The monoisotopic (exact) mass is 434 g/mol. The summed E-state index contributed by atoms with van der Waals surface area (Å²) >= 11 is 0. The molecule has 1 atom stereocenters. The van der Waals surface area contributed by atoms with Crippen LogP contribution >= 0.6 is 0 Å². The molecule has 2 fully saturated rings. The lowest BCUT2D eigenvalue weighted by molar-refractivity contribution is -0.141. The maximum atomic E-state index is 13.2. The fourth-order valence-corrected chi connectivity index (χ4v) is 4.95. The Balaban J connectivity index is 1.87. The summed E-state index contributed by atoms with van der Waals surface area (Å²) in [5.41, 5.74) is 2.37. The second kappa shape index (κ2) is 9.15. The molecule has 2 heterocycles. The van der Waals surface area contributed by atoms with Crippen LogP contribution in [0.2, 0.25) is 0 Å². The van der Waals surface area contributed by atoms with Crippen molar-refractivity contribution in [3.8, 4) is 5.75 Å². The van der Waals surface area contributed by atoms with E-state index in [1.54, 1.807) is 36.5 Å². The quantitative estimate of drug-likeness (QED) is 0.408. The summed E-state index contributed by atoms with van der Waals surface area (Å²) in [5, 5.41) is 11.3. The van der Waals surface area contributed by atoms with Crippen LogP contribution in [0.3, 0.4) is 0 Å². The van der Waals surface area contributed by atoms with Crippen LogP contribution in [-0.4, -0.2) is 39.8 Å². The molecule has 2 aromatic rings. The number of Topliss-reactive ketones (excluding diaryl/α,β-unsaturated/α-hetero) is 1. The van der Waals surface area contributed by atoms with Gasteiger partial charge in [-0.3, -0.25) is 14.6 Å². The first-order chi connectivity index (χ1) is 15.4. The van der Waals surface area contributed by atoms with Crippen molar-refractivity contribution in [3.63, 3.8) is 0 Å². The minimum atomic E-state index is -0.628. The molecule has 1 aliphatic heterocycles. The summed E-state index contributed by atoms with van der Waals surface area (Å²) in [4.78, 5) is 32.2. The number of benzene rings is 1. The van der Waals surface area contributed by atoms with E-state index in [9.17, 15) is 14.7 Å². The highest BCUT2D eigenvalue weighted by Gasteiger charge is 2.48. The minimum absolute atomic E-state index is 0.00856. The lowest BCUT2D eigenvalue weighted by Crippen LogP contribution is -2.40. The Hall–Kier alpha value is -3.15. The van der Waals surface area contributed by atoms with Gasteiger partial charge in [-0.05, 0) is 60.2 Å². The molecular weight excluding hydrogens is 404 g/mol. The van der Waals surface area contributed by atoms with E-state index >= 15 is 0 Å². The molecule has 2 aliphatic rings. The van der Waals surface area contributed by atoms with E-state index in [1.807, 2.05) is 32.0 Å². The van der Waals surface area contributed by atoms with Crippen LogP contribution in [0.4, 0.5) is 0 Å². The van der Waals surface area contributed by atoms with Crippen molar-refractivity contribution < 1.29 is 19.4 Å². The van der Waals surface area contributed by atoms with Gasteiger partial charge in [0.25, 0.3) is 11.7 Å². The van der Waals surface area contributed by atoms with E-state index in [0.29, 0.717) is 5.56 Å². The van der Waals surface area contributed by atoms with E-state index in [1.165, 1.54) is 0 Å². The molecule has 6 heteroatoms. The highest BCUT2D eigenvalue weighted by Crippen LogP contribution is 2.43. The predicted octanol–water partition coefficient (Wildman–Crippen LogP) is 4.97. The molecule has 32 heavy (non-hydrogen) atoms. The van der Waals surface area contributed by atoms with Crippen LogP contribution < -0.4 is 4.74 Å². The Morgan fingerprint density at radius 2 is 1.78 bits per heavy atom. The number of rotatable bonds is 5. The smallest absolute Gasteiger partial charge is 0.295 e. The number of carbonyl (C=O) groups is 2. The standard InChI is InChI=1S/C26H30N2O4/c1-16(2)20-15-18(9-10-21(20)32-3)24(29)22-23(17-11-13-27-14-12-17)28(26(31)25(22)30)19-7-5-4-6-8-19/h9-16,19,23,29H,4-8H2,1-3H3/b24-22-. The van der Waals surface area contributed by atoms with Crippen molar-refractivity contribution in [1.29, 1.82) is 0 Å². The fraction of sp³-hybridized carbons (Fsp3) is 0.423. The molecule has 168 valence electrons. The second-order valence-electron chi connectivity index (χ2n) is 8.89. The average molecular weight is 435 g/mol. The van der Waals surface area contributed by atoms with Crippen molar-refractivity contribution in [2.75, 3.05) is 7.11 Å². The first kappa shape index (κ1) is 22.1. The number of aliphatic hydroxyl groups is 1. The number of ketones is 1. The Kier molecular flexibility index (Phi) is 6.31. The molecule has 4 rings (SSSR count). The van der Waals surface area contributed by atoms with E-state index < -0.39 is 17.7 Å². The number of amides is 1. The topological polar surface area (TPSA) is 79.7 Å². The summed E-state index contributed by atoms with van der Waals surface area (Å²) in [6.07, 6.45) is 8.26. The highest BCUT2D eigenvalue weighted by molar-refractivity contribution is 6.46. The summed E-state index contributed by atoms with van der Waals surface area (Å²) in [5.74, 6) is -0.411. The second-order valence-corrected chi connectivity index (χ2v) is 8.89. The lowest BCUT2D eigenvalue weighted by Gasteiger charge is -2.35. The van der Waals surface area contributed by atoms with Crippen LogP contribution in [0, 0.1) is 0 Å². The zero-order chi connectivity index (χ0) is 22.8. The van der Waals surface area contributed by atoms with Crippen LogP contribution in [0.25, 0.3) is 5.76 Å². The Morgan fingerprint density at radius 3 is 2.41 bits per heavy atom. The van der Waals surface area contributed by atoms with Crippen molar-refractivity contribution in [2.24, 2.45) is 0 Å². The SMILES string of the molecule is COc1ccc(/C(O)=C2/C(=O)C(=O)N(C3CCCCC3)C2c2ccncc2)cc1C(C)C. The van der Waals surface area contributed by atoms with Crippen LogP contribution in [-0.2, 0) is 9.59 Å². The molecule has 6 nitrogen and oxygen atoms in total. The Morgan fingerprint density at radius 1 is 1.09 bits per heavy atom. The number of ether oxygens (including phenoxy) is 1. The van der Waals surface area contributed by atoms with Crippen molar-refractivity contribution >= 4 is 17.4 Å². The third-order valence-corrected chi connectivity index (χ3v) is 6.60. The largest absolute Gasteiger partial charge is 0.507 e. The molecule has 0 bridgehead atoms.